The van der Waals surface area contributed by atoms with Gasteiger partial charge in [0, 0.05) is 12.2 Å². The van der Waals surface area contributed by atoms with Gasteiger partial charge in [-0.1, -0.05) is 62.4 Å². The van der Waals surface area contributed by atoms with Crippen LogP contribution in [0.4, 0.5) is 5.69 Å². The highest BCUT2D eigenvalue weighted by Gasteiger charge is 2.15. The molecule has 1 N–H and O–H groups in total. The Morgan fingerprint density at radius 3 is 2.44 bits per heavy atom. The summed E-state index contributed by atoms with van der Waals surface area (Å²) in [5.41, 5.74) is 4.43. The molecule has 1 aromatic heterocycles. The van der Waals surface area contributed by atoms with Crippen molar-refractivity contribution in [2.75, 3.05) is 11.1 Å². The van der Waals surface area contributed by atoms with Gasteiger partial charge in [-0.3, -0.25) is 4.79 Å². The zero-order valence-electron chi connectivity index (χ0n) is 19.7. The summed E-state index contributed by atoms with van der Waals surface area (Å²) in [4.78, 5) is 12.4. The predicted molar refractivity (Wildman–Crippen MR) is 130 cm³/mol. The van der Waals surface area contributed by atoms with Crippen LogP contribution in [0.3, 0.4) is 0 Å². The van der Waals surface area contributed by atoms with Gasteiger partial charge >= 0.3 is 0 Å². The smallest absolute Gasteiger partial charge is 0.234 e. The van der Waals surface area contributed by atoms with E-state index < -0.39 is 0 Å². The summed E-state index contributed by atoms with van der Waals surface area (Å²) in [6.07, 6.45) is 0. The number of aryl methyl sites for hydroxylation is 2. The Hall–Kier alpha value is -2.80. The largest absolute Gasteiger partial charge is 0.486 e. The molecule has 3 rings (SSSR count). The van der Waals surface area contributed by atoms with Crippen molar-refractivity contribution in [3.8, 4) is 5.75 Å². The van der Waals surface area contributed by atoms with E-state index in [0.717, 1.165) is 22.8 Å². The van der Waals surface area contributed by atoms with Gasteiger partial charge in [-0.05, 0) is 55.5 Å². The van der Waals surface area contributed by atoms with E-state index in [4.69, 9.17) is 4.74 Å². The normalized spacial score (nSPS) is 11.4. The monoisotopic (exact) mass is 452 g/mol. The molecule has 0 fully saturated rings. The lowest BCUT2D eigenvalue weighted by molar-refractivity contribution is -0.113. The lowest BCUT2D eigenvalue weighted by Crippen LogP contribution is -2.15. The van der Waals surface area contributed by atoms with Crippen molar-refractivity contribution in [1.29, 1.82) is 0 Å². The molecule has 0 aliphatic rings. The Balaban J connectivity index is 1.57. The number of aromatic nitrogens is 3. The maximum Gasteiger partial charge on any atom is 0.234 e. The van der Waals surface area contributed by atoms with Crippen molar-refractivity contribution in [3.05, 3.63) is 65.0 Å². The van der Waals surface area contributed by atoms with Crippen LogP contribution in [0.25, 0.3) is 0 Å². The molecule has 7 heteroatoms. The topological polar surface area (TPSA) is 69.0 Å². The average Bonchev–Trinajstić information content (AvgIpc) is 3.14. The number of rotatable bonds is 8. The molecule has 0 saturated heterocycles. The number of hydrogen-bond donors (Lipinski definition) is 1. The third kappa shape index (κ3) is 6.13. The minimum absolute atomic E-state index is 0.0654. The van der Waals surface area contributed by atoms with Crippen LogP contribution in [0.1, 0.15) is 50.2 Å². The lowest BCUT2D eigenvalue weighted by atomic mass is 9.87. The van der Waals surface area contributed by atoms with E-state index in [9.17, 15) is 4.79 Å². The molecule has 0 spiro atoms. The molecular weight excluding hydrogens is 420 g/mol. The van der Waals surface area contributed by atoms with Crippen molar-refractivity contribution < 1.29 is 9.53 Å². The third-order valence-corrected chi connectivity index (χ3v) is 6.15. The summed E-state index contributed by atoms with van der Waals surface area (Å²) in [5.74, 6) is 1.74. The lowest BCUT2D eigenvalue weighted by Gasteiger charge is -2.19. The summed E-state index contributed by atoms with van der Waals surface area (Å²) in [5, 5.41) is 12.2. The SMILES string of the molecule is CCn1c(COc2ccc(C(C)(C)C)cc2)nnc1SCC(=O)Nc1ccc(C)cc1C. The molecule has 3 aromatic rings. The van der Waals surface area contributed by atoms with Gasteiger partial charge in [-0.2, -0.15) is 0 Å². The van der Waals surface area contributed by atoms with E-state index in [2.05, 4.69) is 54.5 Å². The van der Waals surface area contributed by atoms with Gasteiger partial charge in [-0.25, -0.2) is 0 Å². The number of ether oxygens (including phenoxy) is 1. The predicted octanol–water partition coefficient (Wildman–Crippen LogP) is 5.52. The van der Waals surface area contributed by atoms with E-state index >= 15 is 0 Å². The van der Waals surface area contributed by atoms with Gasteiger partial charge in [0.25, 0.3) is 0 Å². The number of amides is 1. The number of carbonyl (C=O) groups excluding carboxylic acids is 1. The van der Waals surface area contributed by atoms with Crippen molar-refractivity contribution in [3.63, 3.8) is 0 Å². The highest BCUT2D eigenvalue weighted by molar-refractivity contribution is 7.99. The standard InChI is InChI=1S/C25H32N4O2S/c1-7-29-22(15-31-20-11-9-19(10-12-20)25(4,5)6)27-28-24(29)32-16-23(30)26-21-13-8-17(2)14-18(21)3/h8-14H,7,15-16H2,1-6H3,(H,26,30). The van der Waals surface area contributed by atoms with Crippen LogP contribution in [0, 0.1) is 13.8 Å². The van der Waals surface area contributed by atoms with Gasteiger partial charge in [0.2, 0.25) is 5.91 Å². The molecule has 0 atom stereocenters. The van der Waals surface area contributed by atoms with E-state index in [0.29, 0.717) is 18.3 Å². The fourth-order valence-corrected chi connectivity index (χ4v) is 4.14. The number of thioether (sulfide) groups is 1. The van der Waals surface area contributed by atoms with Crippen molar-refractivity contribution in [1.82, 2.24) is 14.8 Å². The molecule has 32 heavy (non-hydrogen) atoms. The number of hydrogen-bond acceptors (Lipinski definition) is 5. The van der Waals surface area contributed by atoms with Crippen LogP contribution in [0.5, 0.6) is 5.75 Å². The molecular formula is C25H32N4O2S. The first-order valence-electron chi connectivity index (χ1n) is 10.8. The van der Waals surface area contributed by atoms with Crippen molar-refractivity contribution in [2.24, 2.45) is 0 Å². The second-order valence-corrected chi connectivity index (χ2v) is 9.80. The van der Waals surface area contributed by atoms with Crippen LogP contribution in [-0.2, 0) is 23.4 Å². The molecule has 0 aliphatic heterocycles. The molecule has 0 aliphatic carbocycles. The molecule has 170 valence electrons. The van der Waals surface area contributed by atoms with Crippen LogP contribution in [0.15, 0.2) is 47.6 Å². The molecule has 2 aromatic carbocycles. The van der Waals surface area contributed by atoms with Crippen molar-refractivity contribution >= 4 is 23.4 Å². The van der Waals surface area contributed by atoms with Gasteiger partial charge < -0.3 is 14.6 Å². The van der Waals surface area contributed by atoms with Crippen LogP contribution in [0.2, 0.25) is 0 Å². The second kappa shape index (κ2) is 10.2. The molecule has 1 heterocycles. The number of nitrogens with one attached hydrogen (secondary N) is 1. The maximum absolute atomic E-state index is 12.4. The number of carbonyl (C=O) groups is 1. The molecule has 0 saturated carbocycles. The fourth-order valence-electron chi connectivity index (χ4n) is 3.32. The zero-order valence-corrected chi connectivity index (χ0v) is 20.5. The van der Waals surface area contributed by atoms with E-state index in [-0.39, 0.29) is 17.1 Å². The van der Waals surface area contributed by atoms with Gasteiger partial charge in [0.15, 0.2) is 11.0 Å². The molecule has 1 amide bonds. The van der Waals surface area contributed by atoms with Gasteiger partial charge in [0.05, 0.1) is 5.75 Å². The zero-order chi connectivity index (χ0) is 23.3. The third-order valence-electron chi connectivity index (χ3n) is 5.19. The Morgan fingerprint density at radius 2 is 1.81 bits per heavy atom. The molecule has 0 bridgehead atoms. The first kappa shape index (κ1) is 23.9. The highest BCUT2D eigenvalue weighted by Crippen LogP contribution is 2.25. The summed E-state index contributed by atoms with van der Waals surface area (Å²) in [7, 11) is 0. The Labute approximate surface area is 194 Å². The van der Waals surface area contributed by atoms with Crippen LogP contribution < -0.4 is 10.1 Å². The van der Waals surface area contributed by atoms with E-state index in [1.807, 2.05) is 49.6 Å². The molecule has 0 unspecified atom stereocenters. The maximum atomic E-state index is 12.4. The second-order valence-electron chi connectivity index (χ2n) is 8.86. The van der Waals surface area contributed by atoms with Crippen molar-refractivity contribution in [2.45, 2.75) is 65.3 Å². The summed E-state index contributed by atoms with van der Waals surface area (Å²) in [6, 6.07) is 14.1. The van der Waals surface area contributed by atoms with E-state index in [1.165, 1.54) is 22.9 Å². The van der Waals surface area contributed by atoms with Crippen LogP contribution in [-0.4, -0.2) is 26.4 Å². The van der Waals surface area contributed by atoms with Gasteiger partial charge in [0.1, 0.15) is 12.4 Å². The first-order valence-corrected chi connectivity index (χ1v) is 11.8. The highest BCUT2D eigenvalue weighted by atomic mass is 32.2. The minimum atomic E-state index is -0.0654. The fraction of sp³-hybridized carbons (Fsp3) is 0.400. The Kier molecular flexibility index (Phi) is 7.61. The minimum Gasteiger partial charge on any atom is -0.486 e. The van der Waals surface area contributed by atoms with E-state index in [1.54, 1.807) is 0 Å². The average molecular weight is 453 g/mol. The summed E-state index contributed by atoms with van der Waals surface area (Å²) in [6.45, 7) is 13.7. The Morgan fingerprint density at radius 1 is 1.09 bits per heavy atom. The number of benzene rings is 2. The summed E-state index contributed by atoms with van der Waals surface area (Å²) >= 11 is 1.38. The summed E-state index contributed by atoms with van der Waals surface area (Å²) < 4.78 is 7.92. The quantitative estimate of drug-likeness (QED) is 0.456. The molecule has 6 nitrogen and oxygen atoms in total. The van der Waals surface area contributed by atoms with Crippen LogP contribution >= 0.6 is 11.8 Å². The van der Waals surface area contributed by atoms with Gasteiger partial charge in [-0.15, -0.1) is 10.2 Å². The Bertz CT molecular complexity index is 1070. The number of nitrogens with zero attached hydrogens (tertiary/aromatic N) is 3. The number of anilines is 1. The first-order chi connectivity index (χ1) is 15.2. The molecule has 0 radical (unpaired) electrons.